The second kappa shape index (κ2) is 8.65. The molecular formula is C24H22N2O4S. The van der Waals surface area contributed by atoms with Crippen LogP contribution in [0.2, 0.25) is 0 Å². The SMILES string of the molecule is COc1cc(C(=O)c2cn(-c3ccc(C)cc3)cc2-c2nccs2)cc(OC)c1OC. The van der Waals surface area contributed by atoms with Gasteiger partial charge in [-0.3, -0.25) is 4.79 Å². The molecule has 0 radical (unpaired) electrons. The number of ketones is 1. The van der Waals surface area contributed by atoms with E-state index in [1.807, 2.05) is 53.5 Å². The summed E-state index contributed by atoms with van der Waals surface area (Å²) >= 11 is 1.49. The average molecular weight is 435 g/mol. The molecule has 4 aromatic rings. The first-order valence-corrected chi connectivity index (χ1v) is 10.5. The zero-order chi connectivity index (χ0) is 22.0. The molecule has 0 unspecified atom stereocenters. The third-order valence-electron chi connectivity index (χ3n) is 4.99. The summed E-state index contributed by atoms with van der Waals surface area (Å²) in [7, 11) is 4.59. The van der Waals surface area contributed by atoms with Crippen molar-refractivity contribution in [2.75, 3.05) is 21.3 Å². The van der Waals surface area contributed by atoms with Crippen molar-refractivity contribution in [2.24, 2.45) is 0 Å². The summed E-state index contributed by atoms with van der Waals surface area (Å²) in [5, 5.41) is 2.67. The fourth-order valence-electron chi connectivity index (χ4n) is 3.40. The quantitative estimate of drug-likeness (QED) is 0.376. The number of thiazole rings is 1. The summed E-state index contributed by atoms with van der Waals surface area (Å²) in [6.07, 6.45) is 5.51. The molecular weight excluding hydrogens is 412 g/mol. The van der Waals surface area contributed by atoms with Gasteiger partial charge in [0, 0.05) is 40.8 Å². The Hall–Kier alpha value is -3.58. The molecule has 0 aliphatic rings. The van der Waals surface area contributed by atoms with E-state index in [1.165, 1.54) is 38.2 Å². The number of methoxy groups -OCH3 is 3. The second-order valence-electron chi connectivity index (χ2n) is 6.91. The minimum Gasteiger partial charge on any atom is -0.493 e. The first kappa shape index (κ1) is 20.7. The molecule has 4 rings (SSSR count). The van der Waals surface area contributed by atoms with E-state index in [-0.39, 0.29) is 5.78 Å². The highest BCUT2D eigenvalue weighted by Crippen LogP contribution is 2.39. The lowest BCUT2D eigenvalue weighted by molar-refractivity contribution is 0.103. The Morgan fingerprint density at radius 2 is 1.65 bits per heavy atom. The van der Waals surface area contributed by atoms with Gasteiger partial charge < -0.3 is 18.8 Å². The smallest absolute Gasteiger partial charge is 0.203 e. The molecule has 0 saturated carbocycles. The first-order valence-electron chi connectivity index (χ1n) is 9.59. The van der Waals surface area contributed by atoms with Gasteiger partial charge in [0.05, 0.1) is 26.9 Å². The molecule has 158 valence electrons. The van der Waals surface area contributed by atoms with Crippen LogP contribution in [0.3, 0.4) is 0 Å². The maximum Gasteiger partial charge on any atom is 0.203 e. The molecule has 0 saturated heterocycles. The molecule has 0 atom stereocenters. The van der Waals surface area contributed by atoms with Crippen molar-refractivity contribution >= 4 is 17.1 Å². The largest absolute Gasteiger partial charge is 0.493 e. The fraction of sp³-hybridized carbons (Fsp3) is 0.167. The summed E-state index contributed by atoms with van der Waals surface area (Å²) in [4.78, 5) is 18.0. The molecule has 0 N–H and O–H groups in total. The number of hydrogen-bond donors (Lipinski definition) is 0. The molecule has 31 heavy (non-hydrogen) atoms. The number of ether oxygens (including phenoxy) is 3. The number of aromatic nitrogens is 2. The molecule has 7 heteroatoms. The molecule has 2 aromatic carbocycles. The average Bonchev–Trinajstić information content (AvgIpc) is 3.48. The van der Waals surface area contributed by atoms with E-state index in [0.29, 0.717) is 28.4 Å². The summed E-state index contributed by atoms with van der Waals surface area (Å²) in [5.74, 6) is 1.15. The van der Waals surface area contributed by atoms with Crippen LogP contribution in [0.5, 0.6) is 17.2 Å². The Labute approximate surface area is 184 Å². The third-order valence-corrected chi connectivity index (χ3v) is 5.80. The number of nitrogens with zero attached hydrogens (tertiary/aromatic N) is 2. The molecule has 0 amide bonds. The minimum absolute atomic E-state index is 0.157. The molecule has 0 aliphatic carbocycles. The molecule has 0 bridgehead atoms. The van der Waals surface area contributed by atoms with Gasteiger partial charge in [-0.1, -0.05) is 17.7 Å². The molecule has 0 fully saturated rings. The van der Waals surface area contributed by atoms with E-state index < -0.39 is 0 Å². The van der Waals surface area contributed by atoms with Gasteiger partial charge in [0.2, 0.25) is 5.75 Å². The minimum atomic E-state index is -0.157. The zero-order valence-corrected chi connectivity index (χ0v) is 18.5. The monoisotopic (exact) mass is 434 g/mol. The zero-order valence-electron chi connectivity index (χ0n) is 17.7. The highest BCUT2D eigenvalue weighted by Gasteiger charge is 2.23. The lowest BCUT2D eigenvalue weighted by Crippen LogP contribution is -2.04. The maximum absolute atomic E-state index is 13.6. The Morgan fingerprint density at radius 1 is 0.968 bits per heavy atom. The van der Waals surface area contributed by atoms with Gasteiger partial charge >= 0.3 is 0 Å². The summed E-state index contributed by atoms with van der Waals surface area (Å²) in [6, 6.07) is 11.5. The molecule has 6 nitrogen and oxygen atoms in total. The van der Waals surface area contributed by atoms with Crippen LogP contribution >= 0.6 is 11.3 Å². The van der Waals surface area contributed by atoms with Gasteiger partial charge in [-0.05, 0) is 31.2 Å². The number of carbonyl (C=O) groups excluding carboxylic acids is 1. The number of benzene rings is 2. The first-order chi connectivity index (χ1) is 15.0. The van der Waals surface area contributed by atoms with Crippen LogP contribution in [0.15, 0.2) is 60.4 Å². The van der Waals surface area contributed by atoms with Gasteiger partial charge in [-0.2, -0.15) is 0 Å². The predicted molar refractivity (Wildman–Crippen MR) is 121 cm³/mol. The van der Waals surface area contributed by atoms with E-state index >= 15 is 0 Å². The van der Waals surface area contributed by atoms with Gasteiger partial charge in [-0.25, -0.2) is 4.98 Å². The lowest BCUT2D eigenvalue weighted by atomic mass is 10.0. The van der Waals surface area contributed by atoms with Crippen molar-refractivity contribution in [3.63, 3.8) is 0 Å². The van der Waals surface area contributed by atoms with Crippen LogP contribution in [0.4, 0.5) is 0 Å². The number of aryl methyl sites for hydroxylation is 1. The summed E-state index contributed by atoms with van der Waals surface area (Å²) in [6.45, 7) is 2.04. The van der Waals surface area contributed by atoms with Crippen molar-refractivity contribution in [3.05, 3.63) is 77.1 Å². The number of rotatable bonds is 7. The topological polar surface area (TPSA) is 62.6 Å². The van der Waals surface area contributed by atoms with Crippen LogP contribution in [0, 0.1) is 6.92 Å². The molecule has 2 aromatic heterocycles. The van der Waals surface area contributed by atoms with E-state index in [1.54, 1.807) is 18.3 Å². The number of carbonyl (C=O) groups is 1. The normalized spacial score (nSPS) is 10.7. The second-order valence-corrected chi connectivity index (χ2v) is 7.80. The van der Waals surface area contributed by atoms with Crippen molar-refractivity contribution in [1.82, 2.24) is 9.55 Å². The van der Waals surface area contributed by atoms with Crippen LogP contribution in [0.1, 0.15) is 21.5 Å². The van der Waals surface area contributed by atoms with Gasteiger partial charge in [-0.15, -0.1) is 11.3 Å². The highest BCUT2D eigenvalue weighted by molar-refractivity contribution is 7.13. The Kier molecular flexibility index (Phi) is 5.77. The lowest BCUT2D eigenvalue weighted by Gasteiger charge is -2.13. The van der Waals surface area contributed by atoms with E-state index in [4.69, 9.17) is 14.2 Å². The highest BCUT2D eigenvalue weighted by atomic mass is 32.1. The van der Waals surface area contributed by atoms with Gasteiger partial charge in [0.15, 0.2) is 17.3 Å². The third kappa shape index (κ3) is 3.92. The van der Waals surface area contributed by atoms with Crippen molar-refractivity contribution in [2.45, 2.75) is 6.92 Å². The van der Waals surface area contributed by atoms with Crippen LogP contribution in [0.25, 0.3) is 16.3 Å². The van der Waals surface area contributed by atoms with Crippen LogP contribution in [-0.4, -0.2) is 36.7 Å². The molecule has 0 aliphatic heterocycles. The maximum atomic E-state index is 13.6. The van der Waals surface area contributed by atoms with Crippen molar-refractivity contribution < 1.29 is 19.0 Å². The van der Waals surface area contributed by atoms with Crippen molar-refractivity contribution in [3.8, 4) is 33.5 Å². The standard InChI is InChI=1S/C24H22N2O4S/c1-15-5-7-17(8-6-15)26-13-18(19(14-26)24-25-9-10-31-24)22(27)16-11-20(28-2)23(30-4)21(12-16)29-3/h5-14H,1-4H3. The predicted octanol–water partition coefficient (Wildman–Crippen LogP) is 5.17. The van der Waals surface area contributed by atoms with Crippen molar-refractivity contribution in [1.29, 1.82) is 0 Å². The van der Waals surface area contributed by atoms with E-state index in [2.05, 4.69) is 4.98 Å². The van der Waals surface area contributed by atoms with Gasteiger partial charge in [0.25, 0.3) is 0 Å². The Bertz CT molecular complexity index is 1190. The Balaban J connectivity index is 1.85. The van der Waals surface area contributed by atoms with Gasteiger partial charge in [0.1, 0.15) is 5.01 Å². The summed E-state index contributed by atoms with van der Waals surface area (Å²) < 4.78 is 18.2. The van der Waals surface area contributed by atoms with E-state index in [9.17, 15) is 4.79 Å². The fourth-order valence-corrected chi connectivity index (χ4v) is 4.06. The Morgan fingerprint density at radius 3 is 2.19 bits per heavy atom. The van der Waals surface area contributed by atoms with E-state index in [0.717, 1.165) is 16.3 Å². The molecule has 0 spiro atoms. The number of hydrogen-bond acceptors (Lipinski definition) is 6. The summed E-state index contributed by atoms with van der Waals surface area (Å²) in [5.41, 5.74) is 3.89. The van der Waals surface area contributed by atoms with Crippen LogP contribution < -0.4 is 14.2 Å². The van der Waals surface area contributed by atoms with Crippen LogP contribution in [-0.2, 0) is 0 Å². The molecule has 2 heterocycles.